The molecule has 0 saturated carbocycles. The third-order valence-corrected chi connectivity index (χ3v) is 5.48. The maximum atomic E-state index is 12.5. The Labute approximate surface area is 145 Å². The Balaban J connectivity index is 2.96. The maximum absolute atomic E-state index is 12.5. The summed E-state index contributed by atoms with van der Waals surface area (Å²) < 4.78 is 32.8. The van der Waals surface area contributed by atoms with Gasteiger partial charge in [-0.2, -0.15) is 0 Å². The van der Waals surface area contributed by atoms with Crippen molar-refractivity contribution >= 4 is 15.9 Å². The first-order valence-corrected chi connectivity index (χ1v) is 9.77. The molecule has 0 saturated heterocycles. The van der Waals surface area contributed by atoms with E-state index in [0.717, 1.165) is 25.7 Å². The zero-order valence-corrected chi connectivity index (χ0v) is 15.7. The fourth-order valence-electron chi connectivity index (χ4n) is 2.42. The number of amides is 1. The van der Waals surface area contributed by atoms with E-state index in [0.29, 0.717) is 18.2 Å². The van der Waals surface area contributed by atoms with Gasteiger partial charge in [-0.25, -0.2) is 13.1 Å². The zero-order valence-electron chi connectivity index (χ0n) is 14.9. The normalized spacial score (nSPS) is 12.7. The van der Waals surface area contributed by atoms with Crippen LogP contribution in [-0.2, 0) is 10.0 Å². The summed E-state index contributed by atoms with van der Waals surface area (Å²) in [5.74, 6) is 0.261. The van der Waals surface area contributed by atoms with Crippen LogP contribution in [0.25, 0.3) is 0 Å². The topological polar surface area (TPSA) is 84.5 Å². The Morgan fingerprint density at radius 3 is 2.54 bits per heavy atom. The number of carbonyl (C=O) groups excluding carboxylic acids is 1. The van der Waals surface area contributed by atoms with E-state index in [1.54, 1.807) is 0 Å². The van der Waals surface area contributed by atoms with Crippen LogP contribution in [-0.4, -0.2) is 35.0 Å². The molecule has 1 rings (SSSR count). The van der Waals surface area contributed by atoms with Crippen molar-refractivity contribution in [3.8, 4) is 5.75 Å². The molecular formula is C17H28N2O4S. The van der Waals surface area contributed by atoms with Crippen molar-refractivity contribution in [3.63, 3.8) is 0 Å². The number of ether oxygens (including phenoxy) is 1. The van der Waals surface area contributed by atoms with Gasteiger partial charge in [0, 0.05) is 13.6 Å². The van der Waals surface area contributed by atoms with Gasteiger partial charge in [-0.1, -0.05) is 33.1 Å². The lowest BCUT2D eigenvalue weighted by Gasteiger charge is -2.16. The van der Waals surface area contributed by atoms with Crippen molar-refractivity contribution in [1.29, 1.82) is 0 Å². The molecule has 2 N–H and O–H groups in total. The molecule has 1 amide bonds. The van der Waals surface area contributed by atoms with E-state index in [1.807, 2.05) is 0 Å². The average Bonchev–Trinajstić information content (AvgIpc) is 2.60. The molecule has 0 radical (unpaired) electrons. The van der Waals surface area contributed by atoms with Gasteiger partial charge >= 0.3 is 0 Å². The van der Waals surface area contributed by atoms with Crippen LogP contribution in [0.3, 0.4) is 0 Å². The summed E-state index contributed by atoms with van der Waals surface area (Å²) in [5, 5.41) is 2.48. The first-order valence-electron chi connectivity index (χ1n) is 8.29. The molecule has 0 heterocycles. The Hall–Kier alpha value is -1.60. The van der Waals surface area contributed by atoms with Crippen molar-refractivity contribution in [2.75, 3.05) is 20.7 Å². The molecule has 0 unspecified atom stereocenters. The number of benzene rings is 1. The van der Waals surface area contributed by atoms with Gasteiger partial charge in [0.25, 0.3) is 5.91 Å². The van der Waals surface area contributed by atoms with Crippen LogP contribution in [0.5, 0.6) is 5.75 Å². The molecule has 1 atom stereocenters. The highest BCUT2D eigenvalue weighted by Crippen LogP contribution is 2.22. The summed E-state index contributed by atoms with van der Waals surface area (Å²) >= 11 is 0. The van der Waals surface area contributed by atoms with Gasteiger partial charge in [-0.3, -0.25) is 4.79 Å². The van der Waals surface area contributed by atoms with Gasteiger partial charge in [0.15, 0.2) is 0 Å². The van der Waals surface area contributed by atoms with Gasteiger partial charge < -0.3 is 10.1 Å². The number of hydrogen-bond acceptors (Lipinski definition) is 4. The average molecular weight is 356 g/mol. The van der Waals surface area contributed by atoms with Crippen LogP contribution in [0, 0.1) is 5.92 Å². The minimum atomic E-state index is -3.67. The number of hydrogen-bond donors (Lipinski definition) is 2. The minimum Gasteiger partial charge on any atom is -0.496 e. The molecule has 0 spiro atoms. The number of sulfonamides is 1. The molecule has 24 heavy (non-hydrogen) atoms. The van der Waals surface area contributed by atoms with Gasteiger partial charge in [0.1, 0.15) is 5.75 Å². The van der Waals surface area contributed by atoms with Crippen molar-refractivity contribution in [1.82, 2.24) is 10.0 Å². The molecule has 0 aromatic heterocycles. The summed E-state index contributed by atoms with van der Waals surface area (Å²) in [6.45, 7) is 4.58. The second-order valence-corrected chi connectivity index (χ2v) is 7.48. The smallest absolute Gasteiger partial charge is 0.254 e. The largest absolute Gasteiger partial charge is 0.496 e. The standard InChI is InChI=1S/C17H28N2O4S/c1-5-7-8-13(6-2)12-19-24(21,22)14-9-10-16(23-4)15(11-14)17(20)18-3/h9-11,13,19H,5-8,12H2,1-4H3,(H,18,20)/t13-/m1/s1. The first kappa shape index (κ1) is 20.4. The quantitative estimate of drug-likeness (QED) is 0.675. The van der Waals surface area contributed by atoms with E-state index in [9.17, 15) is 13.2 Å². The van der Waals surface area contributed by atoms with E-state index in [4.69, 9.17) is 4.74 Å². The third kappa shape index (κ3) is 5.49. The van der Waals surface area contributed by atoms with Crippen molar-refractivity contribution in [2.45, 2.75) is 44.4 Å². The lowest BCUT2D eigenvalue weighted by atomic mass is 10.00. The highest BCUT2D eigenvalue weighted by Gasteiger charge is 2.20. The first-order chi connectivity index (χ1) is 11.4. The van der Waals surface area contributed by atoms with E-state index in [-0.39, 0.29) is 10.5 Å². The molecule has 0 aliphatic heterocycles. The minimum absolute atomic E-state index is 0.0623. The summed E-state index contributed by atoms with van der Waals surface area (Å²) in [4.78, 5) is 12.0. The number of methoxy groups -OCH3 is 1. The summed E-state index contributed by atoms with van der Waals surface area (Å²) in [6.07, 6.45) is 4.11. The molecule has 0 bridgehead atoms. The van der Waals surface area contributed by atoms with Crippen LogP contribution in [0.15, 0.2) is 23.1 Å². The van der Waals surface area contributed by atoms with Gasteiger partial charge in [0.2, 0.25) is 10.0 Å². The zero-order chi connectivity index (χ0) is 18.2. The third-order valence-electron chi connectivity index (χ3n) is 4.06. The predicted octanol–water partition coefficient (Wildman–Crippen LogP) is 2.55. The second kappa shape index (κ2) is 9.64. The molecule has 1 aromatic carbocycles. The molecule has 7 heteroatoms. The fraction of sp³-hybridized carbons (Fsp3) is 0.588. The molecule has 0 aliphatic carbocycles. The SMILES string of the molecule is CCCC[C@@H](CC)CNS(=O)(=O)c1ccc(OC)c(C(=O)NC)c1. The van der Waals surface area contributed by atoms with Crippen LogP contribution < -0.4 is 14.8 Å². The molecule has 1 aromatic rings. The number of nitrogens with one attached hydrogen (secondary N) is 2. The van der Waals surface area contributed by atoms with Gasteiger partial charge in [-0.15, -0.1) is 0 Å². The van der Waals surface area contributed by atoms with Gasteiger partial charge in [-0.05, 0) is 30.5 Å². The Morgan fingerprint density at radius 2 is 2.00 bits per heavy atom. The van der Waals surface area contributed by atoms with Gasteiger partial charge in [0.05, 0.1) is 17.6 Å². The summed E-state index contributed by atoms with van der Waals surface area (Å²) in [5.41, 5.74) is 0.195. The Kier molecular flexibility index (Phi) is 8.21. The fourth-order valence-corrected chi connectivity index (χ4v) is 3.56. The Bertz CT molecular complexity index is 644. The highest BCUT2D eigenvalue weighted by molar-refractivity contribution is 7.89. The highest BCUT2D eigenvalue weighted by atomic mass is 32.2. The lowest BCUT2D eigenvalue weighted by molar-refractivity contribution is 0.0960. The van der Waals surface area contributed by atoms with E-state index >= 15 is 0 Å². The second-order valence-electron chi connectivity index (χ2n) is 5.71. The number of rotatable bonds is 10. The van der Waals surface area contributed by atoms with Crippen LogP contribution >= 0.6 is 0 Å². The molecule has 0 aliphatic rings. The van der Waals surface area contributed by atoms with Crippen molar-refractivity contribution < 1.29 is 17.9 Å². The van der Waals surface area contributed by atoms with E-state index in [1.165, 1.54) is 32.4 Å². The maximum Gasteiger partial charge on any atom is 0.254 e. The van der Waals surface area contributed by atoms with Crippen LogP contribution in [0.2, 0.25) is 0 Å². The number of unbranched alkanes of at least 4 members (excludes halogenated alkanes) is 1. The molecule has 6 nitrogen and oxygen atoms in total. The van der Waals surface area contributed by atoms with Crippen molar-refractivity contribution in [2.24, 2.45) is 5.92 Å². The molecule has 0 fully saturated rings. The summed E-state index contributed by atoms with van der Waals surface area (Å²) in [6, 6.07) is 4.28. The molecule has 136 valence electrons. The Morgan fingerprint density at radius 1 is 1.29 bits per heavy atom. The van der Waals surface area contributed by atoms with Crippen molar-refractivity contribution in [3.05, 3.63) is 23.8 Å². The lowest BCUT2D eigenvalue weighted by Crippen LogP contribution is -2.29. The van der Waals surface area contributed by atoms with Crippen LogP contribution in [0.4, 0.5) is 0 Å². The molecular weight excluding hydrogens is 328 g/mol. The van der Waals surface area contributed by atoms with Crippen LogP contribution in [0.1, 0.15) is 49.9 Å². The predicted molar refractivity (Wildman–Crippen MR) is 94.9 cm³/mol. The monoisotopic (exact) mass is 356 g/mol. The summed E-state index contributed by atoms with van der Waals surface area (Å²) in [7, 11) is -0.740. The van der Waals surface area contributed by atoms with E-state index < -0.39 is 15.9 Å². The number of carbonyl (C=O) groups is 1. The van der Waals surface area contributed by atoms with E-state index in [2.05, 4.69) is 23.9 Å².